The molecule has 0 spiro atoms. The van der Waals surface area contributed by atoms with Crippen molar-refractivity contribution in [1.29, 1.82) is 0 Å². The topological polar surface area (TPSA) is 38.7 Å². The number of fused-ring (bicyclic) bond motifs is 1. The van der Waals surface area contributed by atoms with Crippen molar-refractivity contribution in [3.8, 4) is 16.9 Å². The molecule has 142 valence electrons. The molecule has 0 N–H and O–H groups in total. The van der Waals surface area contributed by atoms with Crippen LogP contribution in [0.25, 0.3) is 16.2 Å². The average Bonchev–Trinajstić information content (AvgIpc) is 2.86. The highest BCUT2D eigenvalue weighted by Gasteiger charge is 2.39. The fraction of sp³-hybridized carbons (Fsp3) is 0.300. The van der Waals surface area contributed by atoms with Crippen molar-refractivity contribution in [2.24, 2.45) is 4.99 Å². The van der Waals surface area contributed by atoms with Gasteiger partial charge in [0.15, 0.2) is 11.6 Å². The molecule has 2 aromatic carbocycles. The van der Waals surface area contributed by atoms with Crippen LogP contribution in [0.1, 0.15) is 20.8 Å². The lowest BCUT2D eigenvalue weighted by atomic mass is 10.0. The van der Waals surface area contributed by atoms with Crippen LogP contribution in [0, 0.1) is 11.6 Å². The Balaban J connectivity index is 2.29. The van der Waals surface area contributed by atoms with Crippen molar-refractivity contribution in [2.45, 2.75) is 38.9 Å². The molecule has 0 saturated carbocycles. The first-order valence-corrected chi connectivity index (χ1v) is 11.8. The molecule has 0 unspecified atom stereocenters. The number of nitrogens with zero attached hydrogens (tertiary/aromatic N) is 1. The number of halogens is 3. The van der Waals surface area contributed by atoms with Crippen molar-refractivity contribution in [2.75, 3.05) is 0 Å². The first-order valence-electron chi connectivity index (χ1n) is 8.53. The van der Waals surface area contributed by atoms with Gasteiger partial charge in [0.05, 0.1) is 0 Å². The summed E-state index contributed by atoms with van der Waals surface area (Å²) in [5.41, 5.74) is 0.832. The number of carbonyl (C=O) groups excluding carboxylic acids is 1. The zero-order valence-corrected chi connectivity index (χ0v) is 17.5. The fourth-order valence-corrected chi connectivity index (χ4v) is 3.88. The third-order valence-corrected chi connectivity index (χ3v) is 9.86. The number of carbonyl (C=O) groups is 1. The molecule has 0 aromatic heterocycles. The summed E-state index contributed by atoms with van der Waals surface area (Å²) in [5, 5.41) is -0.527. The van der Waals surface area contributed by atoms with E-state index in [1.165, 1.54) is 0 Å². The quantitative estimate of drug-likeness (QED) is 0.701. The van der Waals surface area contributed by atoms with E-state index in [4.69, 9.17) is 16.0 Å². The Labute approximate surface area is 162 Å². The molecule has 0 aliphatic carbocycles. The lowest BCUT2D eigenvalue weighted by Gasteiger charge is -2.37. The van der Waals surface area contributed by atoms with Gasteiger partial charge in [-0.2, -0.15) is 0 Å². The van der Waals surface area contributed by atoms with Crippen LogP contribution in [0.15, 0.2) is 35.3 Å². The molecule has 0 saturated heterocycles. The molecule has 1 aliphatic rings. The Morgan fingerprint density at radius 3 is 2.37 bits per heavy atom. The first kappa shape index (κ1) is 19.7. The van der Waals surface area contributed by atoms with Gasteiger partial charge in [-0.15, -0.1) is 0 Å². The number of para-hydroxylation sites is 1. The number of hydrogen-bond acceptors (Lipinski definition) is 2. The van der Waals surface area contributed by atoms with Crippen LogP contribution in [0.3, 0.4) is 0 Å². The van der Waals surface area contributed by atoms with Gasteiger partial charge in [0, 0.05) is 10.8 Å². The van der Waals surface area contributed by atoms with Gasteiger partial charge in [0.1, 0.15) is 16.1 Å². The van der Waals surface area contributed by atoms with Crippen molar-refractivity contribution in [3.05, 3.63) is 52.5 Å². The third-order valence-electron chi connectivity index (χ3n) is 5.16. The molecule has 1 aliphatic heterocycles. The second-order valence-corrected chi connectivity index (χ2v) is 13.1. The molecule has 3 nitrogen and oxygen atoms in total. The molecule has 1 heterocycles. The van der Waals surface area contributed by atoms with Crippen LogP contribution < -0.4 is 15.0 Å². The van der Waals surface area contributed by atoms with Crippen LogP contribution in [-0.2, 0) is 4.79 Å². The van der Waals surface area contributed by atoms with Gasteiger partial charge in [-0.25, -0.2) is 13.8 Å². The Hall–Kier alpha value is -2.05. The van der Waals surface area contributed by atoms with Crippen LogP contribution in [0.4, 0.5) is 8.78 Å². The molecule has 3 rings (SSSR count). The van der Waals surface area contributed by atoms with Crippen molar-refractivity contribution < 1.29 is 18.0 Å². The summed E-state index contributed by atoms with van der Waals surface area (Å²) in [5.74, 6) is -2.50. The Morgan fingerprint density at radius 2 is 1.74 bits per heavy atom. The predicted molar refractivity (Wildman–Crippen MR) is 105 cm³/mol. The van der Waals surface area contributed by atoms with Crippen molar-refractivity contribution >= 4 is 30.9 Å². The van der Waals surface area contributed by atoms with Crippen LogP contribution in [0.2, 0.25) is 18.1 Å². The van der Waals surface area contributed by atoms with Gasteiger partial charge < -0.3 is 4.43 Å². The van der Waals surface area contributed by atoms with Gasteiger partial charge in [-0.05, 0) is 35.8 Å². The monoisotopic (exact) mass is 407 g/mol. The lowest BCUT2D eigenvalue weighted by molar-refractivity contribution is -0.112. The van der Waals surface area contributed by atoms with Gasteiger partial charge in [0.2, 0.25) is 0 Å². The van der Waals surface area contributed by atoms with Crippen LogP contribution in [-0.4, -0.2) is 14.2 Å². The second-order valence-electron chi connectivity index (χ2n) is 8.03. The lowest BCUT2D eigenvalue weighted by Crippen LogP contribution is -2.44. The van der Waals surface area contributed by atoms with E-state index in [1.807, 2.05) is 6.07 Å². The van der Waals surface area contributed by atoms with Gasteiger partial charge in [-0.1, -0.05) is 50.6 Å². The predicted octanol–water partition coefficient (Wildman–Crippen LogP) is 4.52. The molecule has 0 fully saturated rings. The molecule has 1 amide bonds. The number of benzene rings is 2. The Bertz CT molecular complexity index is 1070. The van der Waals surface area contributed by atoms with E-state index >= 15 is 0 Å². The minimum absolute atomic E-state index is 0.0504. The zero-order valence-electron chi connectivity index (χ0n) is 15.8. The fourth-order valence-electron chi connectivity index (χ4n) is 2.62. The highest BCUT2D eigenvalue weighted by Crippen LogP contribution is 2.40. The van der Waals surface area contributed by atoms with E-state index in [1.54, 1.807) is 18.2 Å². The molecule has 0 bridgehead atoms. The SMILES string of the molecule is CC(C)(C)[Si](C)(C)Oc1ccccc1-c1cc(F)c(F)c2c1=C(Cl)C(=O)N=2. The molecule has 2 aromatic rings. The van der Waals surface area contributed by atoms with Crippen molar-refractivity contribution in [1.82, 2.24) is 0 Å². The smallest absolute Gasteiger partial charge is 0.289 e. The summed E-state index contributed by atoms with van der Waals surface area (Å²) in [4.78, 5) is 15.4. The van der Waals surface area contributed by atoms with E-state index in [9.17, 15) is 13.6 Å². The van der Waals surface area contributed by atoms with Gasteiger partial charge >= 0.3 is 0 Å². The molecular weight excluding hydrogens is 388 g/mol. The van der Waals surface area contributed by atoms with E-state index in [0.29, 0.717) is 11.3 Å². The maximum atomic E-state index is 14.2. The van der Waals surface area contributed by atoms with Crippen LogP contribution >= 0.6 is 11.6 Å². The maximum absolute atomic E-state index is 14.2. The minimum atomic E-state index is -2.19. The normalized spacial score (nSPS) is 14.2. The van der Waals surface area contributed by atoms with E-state index in [0.717, 1.165) is 6.07 Å². The van der Waals surface area contributed by atoms with E-state index in [-0.39, 0.29) is 26.2 Å². The van der Waals surface area contributed by atoms with Crippen LogP contribution in [0.5, 0.6) is 5.75 Å². The van der Waals surface area contributed by atoms with E-state index in [2.05, 4.69) is 38.9 Å². The third kappa shape index (κ3) is 3.32. The summed E-state index contributed by atoms with van der Waals surface area (Å²) >= 11 is 6.08. The Kier molecular flexibility index (Phi) is 4.76. The number of amides is 1. The average molecular weight is 408 g/mol. The van der Waals surface area contributed by atoms with Crippen molar-refractivity contribution in [3.63, 3.8) is 0 Å². The zero-order chi connectivity index (χ0) is 20.1. The van der Waals surface area contributed by atoms with E-state index < -0.39 is 25.9 Å². The molecule has 0 atom stereocenters. The standard InChI is InChI=1S/C20H20ClF2NO2Si/c1-20(2,3)27(4,5)26-14-9-7-6-8-11(14)12-10-13(22)17(23)18-15(12)16(21)19(25)24-18/h6-10H,1-5H3. The van der Waals surface area contributed by atoms with Gasteiger partial charge in [-0.3, -0.25) is 4.79 Å². The van der Waals surface area contributed by atoms with Gasteiger partial charge in [0.25, 0.3) is 14.2 Å². The number of rotatable bonds is 3. The molecule has 27 heavy (non-hydrogen) atoms. The maximum Gasteiger partial charge on any atom is 0.289 e. The Morgan fingerprint density at radius 1 is 1.11 bits per heavy atom. The minimum Gasteiger partial charge on any atom is -0.543 e. The molecule has 0 radical (unpaired) electrons. The molecular formula is C20H20ClF2NO2Si. The molecule has 7 heteroatoms. The summed E-state index contributed by atoms with van der Waals surface area (Å²) in [6, 6.07) is 8.14. The largest absolute Gasteiger partial charge is 0.543 e. The summed E-state index contributed by atoms with van der Waals surface area (Å²) < 4.78 is 34.8. The first-order chi connectivity index (χ1) is 12.4. The highest BCUT2D eigenvalue weighted by atomic mass is 35.5. The summed E-state index contributed by atoms with van der Waals surface area (Å²) in [6.45, 7) is 10.5. The summed E-state index contributed by atoms with van der Waals surface area (Å²) in [6.07, 6.45) is 0. The second kappa shape index (κ2) is 6.53. The number of hydrogen-bond donors (Lipinski definition) is 0. The highest BCUT2D eigenvalue weighted by molar-refractivity contribution is 6.74. The summed E-state index contributed by atoms with van der Waals surface area (Å²) in [7, 11) is -2.19.